The van der Waals surface area contributed by atoms with Crippen molar-refractivity contribution in [3.8, 4) is 0 Å². The van der Waals surface area contributed by atoms with E-state index in [1.54, 1.807) is 30.3 Å². The third-order valence-corrected chi connectivity index (χ3v) is 5.46. The first-order valence-corrected chi connectivity index (χ1v) is 10.1. The van der Waals surface area contributed by atoms with Crippen LogP contribution in [0.25, 0.3) is 0 Å². The molecule has 0 unspecified atom stereocenters. The van der Waals surface area contributed by atoms with Crippen LogP contribution in [0.1, 0.15) is 24.5 Å². The van der Waals surface area contributed by atoms with Gasteiger partial charge in [-0.3, -0.25) is 9.59 Å². The molecule has 148 valence electrons. The third kappa shape index (κ3) is 5.37. The Morgan fingerprint density at radius 3 is 2.32 bits per heavy atom. The molecule has 9 heteroatoms. The highest BCUT2D eigenvalue weighted by Crippen LogP contribution is 2.23. The minimum atomic E-state index is -4.02. The summed E-state index contributed by atoms with van der Waals surface area (Å²) in [6, 6.07) is 12.7. The van der Waals surface area contributed by atoms with E-state index in [1.807, 2.05) is 0 Å². The van der Waals surface area contributed by atoms with Gasteiger partial charge in [0.15, 0.2) is 0 Å². The lowest BCUT2D eigenvalue weighted by molar-refractivity contribution is -0.155. The molecule has 7 nitrogen and oxygen atoms in total. The zero-order valence-corrected chi connectivity index (χ0v) is 15.6. The Labute approximate surface area is 161 Å². The van der Waals surface area contributed by atoms with E-state index in [-0.39, 0.29) is 10.9 Å². The van der Waals surface area contributed by atoms with E-state index in [2.05, 4.69) is 10.0 Å². The predicted octanol–water partition coefficient (Wildman–Crippen LogP) is 1.67. The quantitative estimate of drug-likeness (QED) is 0.650. The van der Waals surface area contributed by atoms with Crippen LogP contribution in [-0.4, -0.2) is 32.9 Å². The van der Waals surface area contributed by atoms with Gasteiger partial charge in [0.2, 0.25) is 16.1 Å². The van der Waals surface area contributed by atoms with Gasteiger partial charge >= 0.3 is 5.97 Å². The highest BCUT2D eigenvalue weighted by Gasteiger charge is 2.31. The van der Waals surface area contributed by atoms with Gasteiger partial charge in [-0.2, -0.15) is 4.72 Å². The molecule has 1 saturated carbocycles. The van der Waals surface area contributed by atoms with Crippen molar-refractivity contribution in [3.63, 3.8) is 0 Å². The largest absolute Gasteiger partial charge is 0.446 e. The molecule has 28 heavy (non-hydrogen) atoms. The Balaban J connectivity index is 1.64. The summed E-state index contributed by atoms with van der Waals surface area (Å²) in [6.07, 6.45) is 0.571. The van der Waals surface area contributed by atoms with Crippen molar-refractivity contribution in [2.45, 2.75) is 29.9 Å². The average Bonchev–Trinajstić information content (AvgIpc) is 3.49. The summed E-state index contributed by atoms with van der Waals surface area (Å²) >= 11 is 0. The van der Waals surface area contributed by atoms with Crippen molar-refractivity contribution in [1.82, 2.24) is 10.0 Å². The number of rotatable bonds is 8. The van der Waals surface area contributed by atoms with E-state index in [9.17, 15) is 22.4 Å². The maximum absolute atomic E-state index is 12.9. The molecule has 2 aromatic carbocycles. The molecular formula is C19H19FN2O5S. The fourth-order valence-corrected chi connectivity index (χ4v) is 3.40. The van der Waals surface area contributed by atoms with Gasteiger partial charge in [0.1, 0.15) is 12.4 Å². The van der Waals surface area contributed by atoms with Crippen LogP contribution in [0.2, 0.25) is 0 Å². The van der Waals surface area contributed by atoms with Crippen molar-refractivity contribution in [1.29, 1.82) is 0 Å². The maximum atomic E-state index is 12.9. The van der Waals surface area contributed by atoms with Crippen LogP contribution in [0.4, 0.5) is 4.39 Å². The van der Waals surface area contributed by atoms with Crippen molar-refractivity contribution < 1.29 is 27.1 Å². The number of nitrogens with one attached hydrogen (secondary N) is 2. The summed E-state index contributed by atoms with van der Waals surface area (Å²) in [5.41, 5.74) is 0.482. The molecule has 2 N–H and O–H groups in total. The van der Waals surface area contributed by atoms with Crippen LogP contribution in [0.5, 0.6) is 0 Å². The average molecular weight is 406 g/mol. The molecule has 0 heterocycles. The number of hydrogen-bond donors (Lipinski definition) is 2. The van der Waals surface area contributed by atoms with Crippen LogP contribution in [0.15, 0.2) is 59.5 Å². The first-order valence-electron chi connectivity index (χ1n) is 8.65. The lowest BCUT2D eigenvalue weighted by Crippen LogP contribution is -2.36. The van der Waals surface area contributed by atoms with Gasteiger partial charge in [0.05, 0.1) is 4.90 Å². The van der Waals surface area contributed by atoms with Gasteiger partial charge in [-0.15, -0.1) is 0 Å². The Bertz CT molecular complexity index is 944. The molecular weight excluding hydrogens is 387 g/mol. The lowest BCUT2D eigenvalue weighted by atomic mass is 10.1. The molecule has 1 amide bonds. The number of ether oxygens (including phenoxy) is 1. The zero-order chi connectivity index (χ0) is 20.1. The van der Waals surface area contributed by atoms with Gasteiger partial charge in [-0.25, -0.2) is 12.8 Å². The molecule has 0 aromatic heterocycles. The summed E-state index contributed by atoms with van der Waals surface area (Å²) in [5, 5.41) is 2.77. The maximum Gasteiger partial charge on any atom is 0.322 e. The van der Waals surface area contributed by atoms with E-state index in [4.69, 9.17) is 4.74 Å². The summed E-state index contributed by atoms with van der Waals surface area (Å²) in [4.78, 5) is 24.4. The Kier molecular flexibility index (Phi) is 6.05. The second-order valence-corrected chi connectivity index (χ2v) is 8.11. The number of halogens is 1. The highest BCUT2D eigenvalue weighted by atomic mass is 32.2. The Morgan fingerprint density at radius 1 is 1.07 bits per heavy atom. The van der Waals surface area contributed by atoms with Gasteiger partial charge in [-0.05, 0) is 37.1 Å². The molecule has 1 aliphatic carbocycles. The molecule has 0 bridgehead atoms. The number of esters is 1. The molecule has 0 aliphatic heterocycles. The van der Waals surface area contributed by atoms with Crippen LogP contribution in [0, 0.1) is 5.82 Å². The van der Waals surface area contributed by atoms with E-state index in [0.717, 1.165) is 37.1 Å². The number of amides is 1. The van der Waals surface area contributed by atoms with Crippen molar-refractivity contribution in [3.05, 3.63) is 66.0 Å². The van der Waals surface area contributed by atoms with Gasteiger partial charge in [-0.1, -0.05) is 30.3 Å². The number of benzene rings is 2. The number of hydrogen-bond acceptors (Lipinski definition) is 5. The predicted molar refractivity (Wildman–Crippen MR) is 98.0 cm³/mol. The van der Waals surface area contributed by atoms with E-state index in [1.165, 1.54) is 0 Å². The Hall–Kier alpha value is -2.78. The number of sulfonamides is 1. The van der Waals surface area contributed by atoms with E-state index < -0.39 is 40.4 Å². The standard InChI is InChI=1S/C19H19FN2O5S/c20-14-6-10-16(11-7-14)28(25,26)21-12-17(23)27-18(13-4-2-1-3-5-13)19(24)22-15-8-9-15/h1-7,10-11,15,18,21H,8-9,12H2,(H,22,24)/t18-/m0/s1. The molecule has 0 saturated heterocycles. The minimum absolute atomic E-state index is 0.0781. The third-order valence-electron chi connectivity index (χ3n) is 4.04. The second kappa shape index (κ2) is 8.49. The van der Waals surface area contributed by atoms with Gasteiger partial charge < -0.3 is 10.1 Å². The normalized spacial score (nSPS) is 14.9. The lowest BCUT2D eigenvalue weighted by Gasteiger charge is -2.18. The molecule has 1 fully saturated rings. The number of carbonyl (C=O) groups is 2. The molecule has 0 spiro atoms. The SMILES string of the molecule is O=C(CNS(=O)(=O)c1ccc(F)cc1)O[C@H](C(=O)NC1CC1)c1ccccc1. The molecule has 1 aliphatic rings. The van der Waals surface area contributed by atoms with Crippen LogP contribution in [-0.2, 0) is 24.3 Å². The first kappa shape index (κ1) is 20.0. The fourth-order valence-electron chi connectivity index (χ4n) is 2.43. The molecule has 0 radical (unpaired) electrons. The van der Waals surface area contributed by atoms with Crippen molar-refractivity contribution in [2.75, 3.05) is 6.54 Å². The van der Waals surface area contributed by atoms with E-state index in [0.29, 0.717) is 5.56 Å². The summed E-state index contributed by atoms with van der Waals surface area (Å²) in [7, 11) is -4.02. The number of carbonyl (C=O) groups excluding carboxylic acids is 2. The molecule has 2 aromatic rings. The molecule has 3 rings (SSSR count). The fraction of sp³-hybridized carbons (Fsp3) is 0.263. The topological polar surface area (TPSA) is 102 Å². The summed E-state index contributed by atoms with van der Waals surface area (Å²) in [5.74, 6) is -1.94. The van der Waals surface area contributed by atoms with Gasteiger partial charge in [0.25, 0.3) is 5.91 Å². The summed E-state index contributed by atoms with van der Waals surface area (Å²) < 4.78 is 44.6. The minimum Gasteiger partial charge on any atom is -0.446 e. The zero-order valence-electron chi connectivity index (χ0n) is 14.8. The van der Waals surface area contributed by atoms with Crippen LogP contribution in [0.3, 0.4) is 0 Å². The highest BCUT2D eigenvalue weighted by molar-refractivity contribution is 7.89. The van der Waals surface area contributed by atoms with Crippen molar-refractivity contribution >= 4 is 21.9 Å². The van der Waals surface area contributed by atoms with Gasteiger partial charge in [0, 0.05) is 11.6 Å². The first-order chi connectivity index (χ1) is 13.3. The Morgan fingerprint density at radius 2 is 1.71 bits per heavy atom. The monoisotopic (exact) mass is 406 g/mol. The van der Waals surface area contributed by atoms with Crippen molar-refractivity contribution in [2.24, 2.45) is 0 Å². The molecule has 1 atom stereocenters. The second-order valence-electron chi connectivity index (χ2n) is 6.34. The van der Waals surface area contributed by atoms with E-state index >= 15 is 0 Å². The van der Waals surface area contributed by atoms with Crippen LogP contribution >= 0.6 is 0 Å². The smallest absolute Gasteiger partial charge is 0.322 e. The van der Waals surface area contributed by atoms with Crippen LogP contribution < -0.4 is 10.0 Å². The summed E-state index contributed by atoms with van der Waals surface area (Å²) in [6.45, 7) is -0.667.